The van der Waals surface area contributed by atoms with Gasteiger partial charge in [-0.25, -0.2) is 13.8 Å². The molecular weight excluding hydrogens is 302 g/mol. The number of alkyl halides is 2. The van der Waals surface area contributed by atoms with Gasteiger partial charge in [-0.1, -0.05) is 0 Å². The van der Waals surface area contributed by atoms with Crippen LogP contribution in [0.2, 0.25) is 0 Å². The number of hydrogen-bond donors (Lipinski definition) is 0. The average Bonchev–Trinajstić information content (AvgIpc) is 2.82. The minimum Gasteiger partial charge on any atom is -0.356 e. The van der Waals surface area contributed by atoms with Crippen molar-refractivity contribution in [3.8, 4) is 0 Å². The van der Waals surface area contributed by atoms with Gasteiger partial charge >= 0.3 is 0 Å². The molecule has 18 heavy (non-hydrogen) atoms. The van der Waals surface area contributed by atoms with E-state index in [1.807, 2.05) is 13.0 Å². The van der Waals surface area contributed by atoms with E-state index in [2.05, 4.69) is 25.8 Å². The summed E-state index contributed by atoms with van der Waals surface area (Å²) in [6.45, 7) is 3.37. The Kier molecular flexibility index (Phi) is 2.66. The first kappa shape index (κ1) is 12.3. The summed E-state index contributed by atoms with van der Waals surface area (Å²) >= 11 is 3.38. The molecule has 1 saturated heterocycles. The van der Waals surface area contributed by atoms with Gasteiger partial charge in [0.15, 0.2) is 0 Å². The Bertz CT molecular complexity index is 482. The topological polar surface area (TPSA) is 16.1 Å². The van der Waals surface area contributed by atoms with Crippen LogP contribution in [-0.4, -0.2) is 24.0 Å². The van der Waals surface area contributed by atoms with Crippen molar-refractivity contribution in [3.05, 3.63) is 22.3 Å². The van der Waals surface area contributed by atoms with Gasteiger partial charge in [-0.05, 0) is 47.3 Å². The van der Waals surface area contributed by atoms with Gasteiger partial charge in [0, 0.05) is 35.6 Å². The summed E-state index contributed by atoms with van der Waals surface area (Å²) < 4.78 is 27.5. The molecule has 0 atom stereocenters. The van der Waals surface area contributed by atoms with E-state index in [4.69, 9.17) is 0 Å². The number of pyridine rings is 1. The zero-order chi connectivity index (χ0) is 13.0. The van der Waals surface area contributed by atoms with Crippen molar-refractivity contribution in [3.63, 3.8) is 0 Å². The zero-order valence-corrected chi connectivity index (χ0v) is 11.8. The molecule has 2 nitrogen and oxygen atoms in total. The van der Waals surface area contributed by atoms with Crippen LogP contribution < -0.4 is 4.90 Å². The molecule has 1 aromatic rings. The van der Waals surface area contributed by atoms with Gasteiger partial charge in [0.25, 0.3) is 5.92 Å². The predicted molar refractivity (Wildman–Crippen MR) is 70.1 cm³/mol. The Balaban J connectivity index is 1.73. The van der Waals surface area contributed by atoms with E-state index in [0.717, 1.165) is 15.9 Å². The van der Waals surface area contributed by atoms with Gasteiger partial charge in [0.1, 0.15) is 5.82 Å². The maximum absolute atomic E-state index is 13.3. The molecule has 1 aliphatic heterocycles. The maximum atomic E-state index is 13.3. The third kappa shape index (κ3) is 1.83. The molecule has 0 radical (unpaired) electrons. The van der Waals surface area contributed by atoms with Crippen LogP contribution in [0.15, 0.2) is 16.7 Å². The molecule has 1 spiro atoms. The van der Waals surface area contributed by atoms with Crippen LogP contribution in [0.5, 0.6) is 0 Å². The van der Waals surface area contributed by atoms with Gasteiger partial charge in [0.05, 0.1) is 0 Å². The summed E-state index contributed by atoms with van der Waals surface area (Å²) in [5, 5.41) is 0. The molecule has 0 unspecified atom stereocenters. The predicted octanol–water partition coefficient (Wildman–Crippen LogP) is 3.78. The largest absolute Gasteiger partial charge is 0.356 e. The zero-order valence-electron chi connectivity index (χ0n) is 10.2. The van der Waals surface area contributed by atoms with E-state index in [9.17, 15) is 8.78 Å². The standard InChI is InChI=1S/C13H15BrF2N2/c1-9-6-10(14)7-17-11(9)18-4-2-12(3-5-18)8-13(12,15)16/h6-7H,2-5,8H2,1H3. The molecule has 0 bridgehead atoms. The lowest BCUT2D eigenvalue weighted by Crippen LogP contribution is -2.37. The second-order valence-electron chi connectivity index (χ2n) is 5.44. The molecule has 3 rings (SSSR count). The first-order valence-corrected chi connectivity index (χ1v) is 6.98. The first-order chi connectivity index (χ1) is 8.44. The third-order valence-corrected chi connectivity index (χ3v) is 4.68. The van der Waals surface area contributed by atoms with E-state index in [1.165, 1.54) is 0 Å². The Morgan fingerprint density at radius 1 is 1.33 bits per heavy atom. The molecule has 2 aliphatic rings. The molecule has 5 heteroatoms. The normalized spacial score (nSPS) is 24.3. The quantitative estimate of drug-likeness (QED) is 0.784. The third-order valence-electron chi connectivity index (χ3n) is 4.25. The summed E-state index contributed by atoms with van der Waals surface area (Å²) in [6.07, 6.45) is 3.01. The van der Waals surface area contributed by atoms with Gasteiger partial charge in [-0.3, -0.25) is 0 Å². The SMILES string of the molecule is Cc1cc(Br)cnc1N1CCC2(CC1)CC2(F)F. The van der Waals surface area contributed by atoms with Crippen LogP contribution in [0.1, 0.15) is 24.8 Å². The second-order valence-corrected chi connectivity index (χ2v) is 6.36. The highest BCUT2D eigenvalue weighted by Gasteiger charge is 2.70. The van der Waals surface area contributed by atoms with Crippen molar-refractivity contribution in [1.82, 2.24) is 4.98 Å². The van der Waals surface area contributed by atoms with Crippen LogP contribution in [0, 0.1) is 12.3 Å². The summed E-state index contributed by atoms with van der Waals surface area (Å²) in [6, 6.07) is 2.01. The summed E-state index contributed by atoms with van der Waals surface area (Å²) in [5.74, 6) is -1.49. The number of anilines is 1. The second kappa shape index (κ2) is 3.89. The van der Waals surface area contributed by atoms with Gasteiger partial charge in [-0.2, -0.15) is 0 Å². The van der Waals surface area contributed by atoms with Crippen molar-refractivity contribution in [2.45, 2.75) is 32.1 Å². The van der Waals surface area contributed by atoms with Crippen molar-refractivity contribution < 1.29 is 8.78 Å². The minimum atomic E-state index is -2.42. The van der Waals surface area contributed by atoms with Crippen molar-refractivity contribution in [2.24, 2.45) is 5.41 Å². The molecule has 1 saturated carbocycles. The van der Waals surface area contributed by atoms with Crippen LogP contribution in [-0.2, 0) is 0 Å². The van der Waals surface area contributed by atoms with E-state index < -0.39 is 11.3 Å². The molecule has 0 amide bonds. The van der Waals surface area contributed by atoms with E-state index >= 15 is 0 Å². The van der Waals surface area contributed by atoms with E-state index in [1.54, 1.807) is 6.20 Å². The Labute approximate surface area is 114 Å². The fourth-order valence-electron chi connectivity index (χ4n) is 2.93. The van der Waals surface area contributed by atoms with Gasteiger partial charge < -0.3 is 4.90 Å². The van der Waals surface area contributed by atoms with Crippen LogP contribution in [0.3, 0.4) is 0 Å². The highest BCUT2D eigenvalue weighted by molar-refractivity contribution is 9.10. The minimum absolute atomic E-state index is 0.0839. The van der Waals surface area contributed by atoms with Crippen molar-refractivity contribution >= 4 is 21.7 Å². The lowest BCUT2D eigenvalue weighted by molar-refractivity contribution is 0.0536. The number of rotatable bonds is 1. The Morgan fingerprint density at radius 3 is 2.44 bits per heavy atom. The van der Waals surface area contributed by atoms with Gasteiger partial charge in [-0.15, -0.1) is 0 Å². The summed E-state index contributed by atoms with van der Waals surface area (Å²) in [7, 11) is 0. The first-order valence-electron chi connectivity index (χ1n) is 6.19. The molecule has 98 valence electrons. The fourth-order valence-corrected chi connectivity index (χ4v) is 3.38. The highest BCUT2D eigenvalue weighted by Crippen LogP contribution is 2.65. The number of aromatic nitrogens is 1. The lowest BCUT2D eigenvalue weighted by Gasteiger charge is -2.33. The van der Waals surface area contributed by atoms with Crippen LogP contribution in [0.25, 0.3) is 0 Å². The number of nitrogens with zero attached hydrogens (tertiary/aromatic N) is 2. The number of halogens is 3. The monoisotopic (exact) mass is 316 g/mol. The molecule has 2 heterocycles. The Hall–Kier alpha value is -0.710. The van der Waals surface area contributed by atoms with E-state index in [0.29, 0.717) is 25.9 Å². The molecule has 0 N–H and O–H groups in total. The van der Waals surface area contributed by atoms with Crippen LogP contribution in [0.4, 0.5) is 14.6 Å². The van der Waals surface area contributed by atoms with Crippen LogP contribution >= 0.6 is 15.9 Å². The molecule has 0 aromatic carbocycles. The Morgan fingerprint density at radius 2 is 1.94 bits per heavy atom. The molecule has 2 fully saturated rings. The smallest absolute Gasteiger partial charge is 0.254 e. The average molecular weight is 317 g/mol. The number of piperidine rings is 1. The van der Waals surface area contributed by atoms with Crippen molar-refractivity contribution in [1.29, 1.82) is 0 Å². The molecular formula is C13H15BrF2N2. The van der Waals surface area contributed by atoms with E-state index in [-0.39, 0.29) is 6.42 Å². The number of hydrogen-bond acceptors (Lipinski definition) is 2. The van der Waals surface area contributed by atoms with Crippen molar-refractivity contribution in [2.75, 3.05) is 18.0 Å². The summed E-state index contributed by atoms with van der Waals surface area (Å²) in [5.41, 5.74) is 0.398. The lowest BCUT2D eigenvalue weighted by atomic mass is 9.92. The molecule has 1 aliphatic carbocycles. The molecule has 1 aromatic heterocycles. The highest BCUT2D eigenvalue weighted by atomic mass is 79.9. The maximum Gasteiger partial charge on any atom is 0.254 e. The fraction of sp³-hybridized carbons (Fsp3) is 0.615. The summed E-state index contributed by atoms with van der Waals surface area (Å²) in [4.78, 5) is 6.52. The van der Waals surface area contributed by atoms with Gasteiger partial charge in [0.2, 0.25) is 0 Å². The number of aryl methyl sites for hydroxylation is 1.